The van der Waals surface area contributed by atoms with E-state index in [2.05, 4.69) is 15.2 Å². The molecule has 1 atom stereocenters. The van der Waals surface area contributed by atoms with Crippen LogP contribution in [0.15, 0.2) is 42.5 Å². The van der Waals surface area contributed by atoms with Crippen molar-refractivity contribution in [1.82, 2.24) is 9.97 Å². The molecule has 1 saturated heterocycles. The summed E-state index contributed by atoms with van der Waals surface area (Å²) in [6, 6.07) is 13.1. The van der Waals surface area contributed by atoms with Crippen LogP contribution in [0.1, 0.15) is 19.8 Å². The number of ether oxygens (including phenoxy) is 3. The number of anilines is 2. The Morgan fingerprint density at radius 2 is 1.91 bits per heavy atom. The van der Waals surface area contributed by atoms with E-state index in [0.717, 1.165) is 30.4 Å². The molecule has 0 saturated carbocycles. The van der Waals surface area contributed by atoms with E-state index in [4.69, 9.17) is 19.2 Å². The third kappa shape index (κ3) is 4.54. The Bertz CT molecular complexity index is 1100. The van der Waals surface area contributed by atoms with Crippen LogP contribution in [0.3, 0.4) is 0 Å². The Morgan fingerprint density at radius 3 is 2.62 bits per heavy atom. The molecule has 0 aliphatic carbocycles. The molecule has 32 heavy (non-hydrogen) atoms. The Labute approximate surface area is 187 Å². The molecule has 0 bridgehead atoms. The van der Waals surface area contributed by atoms with Gasteiger partial charge in [0.1, 0.15) is 11.5 Å². The number of hydrogen-bond donors (Lipinski definition) is 1. The number of nitrogens with one attached hydrogen (secondary N) is 1. The number of rotatable bonds is 7. The van der Waals surface area contributed by atoms with Crippen molar-refractivity contribution in [2.45, 2.75) is 19.8 Å². The van der Waals surface area contributed by atoms with Crippen LogP contribution >= 0.6 is 0 Å². The summed E-state index contributed by atoms with van der Waals surface area (Å²) >= 11 is 0. The Hall–Kier alpha value is -3.55. The monoisotopic (exact) mass is 436 g/mol. The average molecular weight is 437 g/mol. The fourth-order valence-electron chi connectivity index (χ4n) is 3.93. The lowest BCUT2D eigenvalue weighted by molar-refractivity contribution is -0.120. The van der Waals surface area contributed by atoms with E-state index in [0.29, 0.717) is 42.0 Å². The molecule has 8 heteroatoms. The number of amides is 1. The van der Waals surface area contributed by atoms with Gasteiger partial charge in [-0.05, 0) is 44.0 Å². The predicted octanol–water partition coefficient (Wildman–Crippen LogP) is 3.90. The molecule has 0 radical (unpaired) electrons. The quantitative estimate of drug-likeness (QED) is 0.601. The molecule has 2 aromatic carbocycles. The number of carbonyl (C=O) groups is 1. The van der Waals surface area contributed by atoms with E-state index in [9.17, 15) is 4.79 Å². The third-order valence-corrected chi connectivity index (χ3v) is 5.56. The van der Waals surface area contributed by atoms with Crippen LogP contribution in [0.2, 0.25) is 0 Å². The van der Waals surface area contributed by atoms with E-state index < -0.39 is 0 Å². The lowest BCUT2D eigenvalue weighted by Crippen LogP contribution is -2.41. The number of methoxy groups -OCH3 is 2. The normalized spacial score (nSPS) is 16.0. The van der Waals surface area contributed by atoms with Crippen molar-refractivity contribution in [2.24, 2.45) is 5.92 Å². The molecule has 3 aromatic rings. The topological polar surface area (TPSA) is 85.8 Å². The number of nitrogens with zero attached hydrogens (tertiary/aromatic N) is 3. The maximum Gasteiger partial charge on any atom is 0.258 e. The number of carbonyl (C=O) groups excluding carboxylic acids is 1. The molecule has 0 spiro atoms. The third-order valence-electron chi connectivity index (χ3n) is 5.56. The standard InChI is InChI=1S/C24H28N4O4/c1-4-32-24-22(25-18-9-5-6-10-19(18)27-24)28-13-7-8-16(15-28)23(29)26-20-12-11-17(30-2)14-21(20)31-3/h5-6,9-12,14,16H,4,7-8,13,15H2,1-3H3,(H,26,29)/t16-/m0/s1. The van der Waals surface area contributed by atoms with Gasteiger partial charge < -0.3 is 24.4 Å². The number of para-hydroxylation sites is 2. The lowest BCUT2D eigenvalue weighted by atomic mass is 9.97. The highest BCUT2D eigenvalue weighted by Crippen LogP contribution is 2.33. The van der Waals surface area contributed by atoms with Crippen LogP contribution in [0.25, 0.3) is 11.0 Å². The fraction of sp³-hybridized carbons (Fsp3) is 0.375. The van der Waals surface area contributed by atoms with Gasteiger partial charge in [-0.1, -0.05) is 12.1 Å². The fourth-order valence-corrected chi connectivity index (χ4v) is 3.93. The first-order valence-electron chi connectivity index (χ1n) is 10.8. The minimum atomic E-state index is -0.196. The molecular formula is C24H28N4O4. The van der Waals surface area contributed by atoms with Gasteiger partial charge in [0, 0.05) is 19.2 Å². The van der Waals surface area contributed by atoms with Crippen LogP contribution in [-0.2, 0) is 4.79 Å². The van der Waals surface area contributed by atoms with Gasteiger partial charge in [0.15, 0.2) is 5.82 Å². The van der Waals surface area contributed by atoms with Gasteiger partial charge in [0.25, 0.3) is 5.88 Å². The molecule has 1 aromatic heterocycles. The predicted molar refractivity (Wildman–Crippen MR) is 124 cm³/mol. The average Bonchev–Trinajstić information content (AvgIpc) is 2.84. The maximum absolute atomic E-state index is 13.1. The highest BCUT2D eigenvalue weighted by Gasteiger charge is 2.29. The number of piperidine rings is 1. The number of fused-ring (bicyclic) bond motifs is 1. The summed E-state index contributed by atoms with van der Waals surface area (Å²) in [6.45, 7) is 3.75. The van der Waals surface area contributed by atoms with Crippen LogP contribution in [0.4, 0.5) is 11.5 Å². The van der Waals surface area contributed by atoms with Crippen LogP contribution in [0, 0.1) is 5.92 Å². The SMILES string of the molecule is CCOc1nc2ccccc2nc1N1CCC[C@H](C(=O)Nc2ccc(OC)cc2OC)C1. The van der Waals surface area contributed by atoms with Crippen molar-refractivity contribution in [3.63, 3.8) is 0 Å². The molecule has 0 unspecified atom stereocenters. The molecule has 1 aliphatic rings. The summed E-state index contributed by atoms with van der Waals surface area (Å²) in [7, 11) is 3.16. The van der Waals surface area contributed by atoms with Crippen molar-refractivity contribution in [3.8, 4) is 17.4 Å². The minimum Gasteiger partial charge on any atom is -0.497 e. The first kappa shape index (κ1) is 21.7. The highest BCUT2D eigenvalue weighted by atomic mass is 16.5. The Kier molecular flexibility index (Phi) is 6.58. The van der Waals surface area contributed by atoms with Gasteiger partial charge in [-0.15, -0.1) is 0 Å². The lowest BCUT2D eigenvalue weighted by Gasteiger charge is -2.33. The van der Waals surface area contributed by atoms with Crippen LogP contribution < -0.4 is 24.4 Å². The first-order chi connectivity index (χ1) is 15.6. The van der Waals surface area contributed by atoms with Crippen molar-refractivity contribution in [3.05, 3.63) is 42.5 Å². The summed E-state index contributed by atoms with van der Waals surface area (Å²) in [5.74, 6) is 2.17. The van der Waals surface area contributed by atoms with Crippen molar-refractivity contribution >= 4 is 28.4 Å². The van der Waals surface area contributed by atoms with Crippen molar-refractivity contribution in [1.29, 1.82) is 0 Å². The van der Waals surface area contributed by atoms with Crippen LogP contribution in [-0.4, -0.2) is 49.8 Å². The van der Waals surface area contributed by atoms with E-state index in [-0.39, 0.29) is 11.8 Å². The molecule has 1 aliphatic heterocycles. The zero-order chi connectivity index (χ0) is 22.5. The van der Waals surface area contributed by atoms with E-state index in [1.807, 2.05) is 31.2 Å². The molecule has 1 fully saturated rings. The van der Waals surface area contributed by atoms with Gasteiger partial charge in [0.2, 0.25) is 5.91 Å². The summed E-state index contributed by atoms with van der Waals surface area (Å²) < 4.78 is 16.4. The zero-order valence-corrected chi connectivity index (χ0v) is 18.6. The number of benzene rings is 2. The summed E-state index contributed by atoms with van der Waals surface area (Å²) in [5.41, 5.74) is 2.22. The van der Waals surface area contributed by atoms with E-state index >= 15 is 0 Å². The van der Waals surface area contributed by atoms with Gasteiger partial charge >= 0.3 is 0 Å². The molecular weight excluding hydrogens is 408 g/mol. The molecule has 2 heterocycles. The second kappa shape index (κ2) is 9.72. The second-order valence-electron chi connectivity index (χ2n) is 7.61. The van der Waals surface area contributed by atoms with Crippen LogP contribution in [0.5, 0.6) is 17.4 Å². The largest absolute Gasteiger partial charge is 0.497 e. The number of hydrogen-bond acceptors (Lipinski definition) is 7. The second-order valence-corrected chi connectivity index (χ2v) is 7.61. The summed E-state index contributed by atoms with van der Waals surface area (Å²) in [4.78, 5) is 24.7. The maximum atomic E-state index is 13.1. The highest BCUT2D eigenvalue weighted by molar-refractivity contribution is 5.94. The van der Waals surface area contributed by atoms with Crippen molar-refractivity contribution < 1.29 is 19.0 Å². The molecule has 8 nitrogen and oxygen atoms in total. The molecule has 1 N–H and O–H groups in total. The van der Waals surface area contributed by atoms with E-state index in [1.54, 1.807) is 32.4 Å². The van der Waals surface area contributed by atoms with Gasteiger partial charge in [-0.3, -0.25) is 4.79 Å². The van der Waals surface area contributed by atoms with Gasteiger partial charge in [0.05, 0.1) is 43.5 Å². The molecule has 1 amide bonds. The van der Waals surface area contributed by atoms with E-state index in [1.165, 1.54) is 0 Å². The summed E-state index contributed by atoms with van der Waals surface area (Å²) in [6.07, 6.45) is 1.67. The zero-order valence-electron chi connectivity index (χ0n) is 18.6. The molecule has 4 rings (SSSR count). The van der Waals surface area contributed by atoms with Crippen molar-refractivity contribution in [2.75, 3.05) is 44.1 Å². The van der Waals surface area contributed by atoms with Gasteiger partial charge in [-0.25, -0.2) is 9.97 Å². The Balaban J connectivity index is 1.55. The molecule has 168 valence electrons. The first-order valence-corrected chi connectivity index (χ1v) is 10.8. The smallest absolute Gasteiger partial charge is 0.258 e. The van der Waals surface area contributed by atoms with Gasteiger partial charge in [-0.2, -0.15) is 0 Å². The summed E-state index contributed by atoms with van der Waals surface area (Å²) in [5, 5.41) is 3.01. The Morgan fingerprint density at radius 1 is 1.12 bits per heavy atom. The minimum absolute atomic E-state index is 0.0510. The number of aromatic nitrogens is 2.